The predicted molar refractivity (Wildman–Crippen MR) is 132 cm³/mol. The lowest BCUT2D eigenvalue weighted by molar-refractivity contribution is 0.0806. The number of ether oxygens (including phenoxy) is 1. The number of nitrogens with zero attached hydrogens (tertiary/aromatic N) is 2. The summed E-state index contributed by atoms with van der Waals surface area (Å²) in [5.74, 6) is 1.66. The van der Waals surface area contributed by atoms with Gasteiger partial charge in [0.05, 0.1) is 12.3 Å². The molecular weight excluding hydrogens is 434 g/mol. The van der Waals surface area contributed by atoms with Crippen LogP contribution in [0, 0.1) is 5.92 Å². The van der Waals surface area contributed by atoms with Gasteiger partial charge in [0.25, 0.3) is 0 Å². The van der Waals surface area contributed by atoms with Crippen LogP contribution in [0.2, 0.25) is 0 Å². The second-order valence-electron chi connectivity index (χ2n) is 9.56. The van der Waals surface area contributed by atoms with Gasteiger partial charge in [0, 0.05) is 42.3 Å². The van der Waals surface area contributed by atoms with Crippen molar-refractivity contribution in [1.29, 1.82) is 0 Å². The van der Waals surface area contributed by atoms with Crippen molar-refractivity contribution in [2.75, 3.05) is 32.5 Å². The Hall–Kier alpha value is -2.35. The van der Waals surface area contributed by atoms with Crippen LogP contribution in [0.1, 0.15) is 43.1 Å². The third-order valence-electron chi connectivity index (χ3n) is 7.17. The van der Waals surface area contributed by atoms with Crippen molar-refractivity contribution in [3.05, 3.63) is 65.4 Å². The van der Waals surface area contributed by atoms with Crippen LogP contribution in [-0.4, -0.2) is 61.1 Å². The summed E-state index contributed by atoms with van der Waals surface area (Å²) in [5, 5.41) is 1.17. The number of benzene rings is 2. The van der Waals surface area contributed by atoms with Crippen LogP contribution < -0.4 is 4.74 Å². The lowest BCUT2D eigenvalue weighted by atomic mass is 9.91. The largest absolute Gasteiger partial charge is 0.492 e. The normalized spacial score (nSPS) is 22.3. The van der Waals surface area contributed by atoms with Crippen molar-refractivity contribution >= 4 is 20.9 Å². The van der Waals surface area contributed by atoms with Gasteiger partial charge in [0.15, 0.2) is 0 Å². The first kappa shape index (κ1) is 22.4. The monoisotopic (exact) mass is 467 g/mol. The molecule has 5 rings (SSSR count). The molecule has 1 saturated heterocycles. The number of aromatic amines is 1. The summed E-state index contributed by atoms with van der Waals surface area (Å²) in [6.45, 7) is 8.20. The molecule has 0 amide bonds. The molecule has 0 unspecified atom stereocenters. The molecule has 0 saturated carbocycles. The van der Waals surface area contributed by atoms with E-state index in [4.69, 9.17) is 4.74 Å². The molecule has 7 heteroatoms. The highest BCUT2D eigenvalue weighted by Crippen LogP contribution is 2.42. The van der Waals surface area contributed by atoms with E-state index in [1.165, 1.54) is 36.7 Å². The SMILES string of the molecule is CCC1CN(CCOc2ccc([C@@H]3c4[nH]c5ccccc5c4C[C@@H](C)N3S(C)(=O)=O)cc2)C1. The number of H-pyrrole nitrogens is 1. The lowest BCUT2D eigenvalue weighted by Crippen LogP contribution is -2.47. The maximum Gasteiger partial charge on any atom is 0.212 e. The van der Waals surface area contributed by atoms with Gasteiger partial charge < -0.3 is 9.72 Å². The van der Waals surface area contributed by atoms with Gasteiger partial charge in [-0.1, -0.05) is 43.7 Å². The second kappa shape index (κ2) is 8.78. The summed E-state index contributed by atoms with van der Waals surface area (Å²) in [4.78, 5) is 5.95. The topological polar surface area (TPSA) is 65.6 Å². The minimum atomic E-state index is -3.41. The van der Waals surface area contributed by atoms with E-state index in [1.54, 1.807) is 4.31 Å². The Morgan fingerprint density at radius 1 is 1.09 bits per heavy atom. The van der Waals surface area contributed by atoms with E-state index >= 15 is 0 Å². The molecule has 1 aromatic heterocycles. The Kier molecular flexibility index (Phi) is 5.97. The molecule has 2 aliphatic heterocycles. The number of nitrogens with one attached hydrogen (secondary N) is 1. The van der Waals surface area contributed by atoms with Gasteiger partial charge in [-0.2, -0.15) is 4.31 Å². The summed E-state index contributed by atoms with van der Waals surface area (Å²) in [5.41, 5.74) is 4.17. The Morgan fingerprint density at radius 3 is 2.52 bits per heavy atom. The number of aromatic nitrogens is 1. The molecule has 176 valence electrons. The first-order valence-corrected chi connectivity index (χ1v) is 13.7. The van der Waals surface area contributed by atoms with E-state index in [1.807, 2.05) is 43.3 Å². The van der Waals surface area contributed by atoms with Gasteiger partial charge in [-0.15, -0.1) is 0 Å². The average Bonchev–Trinajstić information content (AvgIpc) is 3.12. The Morgan fingerprint density at radius 2 is 1.82 bits per heavy atom. The zero-order valence-electron chi connectivity index (χ0n) is 19.6. The molecule has 2 aliphatic rings. The van der Waals surface area contributed by atoms with Crippen molar-refractivity contribution in [2.45, 2.75) is 38.8 Å². The highest BCUT2D eigenvalue weighted by molar-refractivity contribution is 7.88. The van der Waals surface area contributed by atoms with Crippen LogP contribution in [0.3, 0.4) is 0 Å². The van der Waals surface area contributed by atoms with Crippen LogP contribution in [-0.2, 0) is 16.4 Å². The highest BCUT2D eigenvalue weighted by Gasteiger charge is 2.40. The van der Waals surface area contributed by atoms with E-state index in [2.05, 4.69) is 28.9 Å². The van der Waals surface area contributed by atoms with Gasteiger partial charge in [-0.25, -0.2) is 8.42 Å². The van der Waals surface area contributed by atoms with Crippen LogP contribution in [0.15, 0.2) is 48.5 Å². The van der Waals surface area contributed by atoms with Crippen molar-refractivity contribution in [3.8, 4) is 5.75 Å². The number of fused-ring (bicyclic) bond motifs is 3. The summed E-state index contributed by atoms with van der Waals surface area (Å²) >= 11 is 0. The average molecular weight is 468 g/mol. The number of sulfonamides is 1. The van der Waals surface area contributed by atoms with Gasteiger partial charge >= 0.3 is 0 Å². The molecule has 1 fully saturated rings. The van der Waals surface area contributed by atoms with E-state index in [0.717, 1.165) is 35.0 Å². The van der Waals surface area contributed by atoms with Gasteiger partial charge in [-0.05, 0) is 48.6 Å². The Balaban J connectivity index is 1.40. The summed E-state index contributed by atoms with van der Waals surface area (Å²) in [6.07, 6.45) is 3.25. The minimum absolute atomic E-state index is 0.129. The third-order valence-corrected chi connectivity index (χ3v) is 8.51. The van der Waals surface area contributed by atoms with Gasteiger partial charge in [0.1, 0.15) is 12.4 Å². The van der Waals surface area contributed by atoms with E-state index < -0.39 is 10.0 Å². The zero-order valence-corrected chi connectivity index (χ0v) is 20.4. The second-order valence-corrected chi connectivity index (χ2v) is 11.5. The van der Waals surface area contributed by atoms with E-state index in [-0.39, 0.29) is 12.1 Å². The molecule has 2 aromatic carbocycles. The molecule has 1 N–H and O–H groups in total. The number of rotatable bonds is 7. The molecule has 6 nitrogen and oxygen atoms in total. The molecule has 33 heavy (non-hydrogen) atoms. The predicted octanol–water partition coefficient (Wildman–Crippen LogP) is 4.18. The van der Waals surface area contributed by atoms with Crippen LogP contribution in [0.25, 0.3) is 10.9 Å². The molecular formula is C26H33N3O3S. The molecule has 2 atom stereocenters. The van der Waals surface area contributed by atoms with Crippen molar-refractivity contribution in [2.24, 2.45) is 5.92 Å². The standard InChI is InChI=1S/C26H33N3O3S/c1-4-19-16-28(17-19)13-14-32-21-11-9-20(10-12-21)26-25-23(15-18(2)29(26)33(3,30)31)22-7-5-6-8-24(22)27-25/h5-12,18-19,26-27H,4,13-17H2,1-3H3/t18-,26-/m1/s1. The molecule has 0 aliphatic carbocycles. The molecule has 3 heterocycles. The Bertz CT molecular complexity index is 1230. The number of hydrogen-bond donors (Lipinski definition) is 1. The fourth-order valence-corrected chi connectivity index (χ4v) is 6.77. The first-order chi connectivity index (χ1) is 15.8. The lowest BCUT2D eigenvalue weighted by Gasteiger charge is -2.39. The maximum absolute atomic E-state index is 12.8. The fourth-order valence-electron chi connectivity index (χ4n) is 5.43. The number of hydrogen-bond acceptors (Lipinski definition) is 4. The van der Waals surface area contributed by atoms with Crippen LogP contribution >= 0.6 is 0 Å². The van der Waals surface area contributed by atoms with Crippen molar-refractivity contribution in [3.63, 3.8) is 0 Å². The summed E-state index contributed by atoms with van der Waals surface area (Å²) in [6, 6.07) is 15.6. The van der Waals surface area contributed by atoms with Gasteiger partial charge in [0.2, 0.25) is 10.0 Å². The van der Waals surface area contributed by atoms with Crippen LogP contribution in [0.5, 0.6) is 5.75 Å². The van der Waals surface area contributed by atoms with Crippen LogP contribution in [0.4, 0.5) is 0 Å². The maximum atomic E-state index is 12.8. The van der Waals surface area contributed by atoms with E-state index in [9.17, 15) is 8.42 Å². The quantitative estimate of drug-likeness (QED) is 0.566. The Labute approximate surface area is 196 Å². The third kappa shape index (κ3) is 4.29. The van der Waals surface area contributed by atoms with Gasteiger partial charge in [-0.3, -0.25) is 4.90 Å². The molecule has 0 radical (unpaired) electrons. The molecule has 0 spiro atoms. The highest BCUT2D eigenvalue weighted by atomic mass is 32.2. The molecule has 0 bridgehead atoms. The fraction of sp³-hybridized carbons (Fsp3) is 0.462. The number of para-hydroxylation sites is 1. The smallest absolute Gasteiger partial charge is 0.212 e. The van der Waals surface area contributed by atoms with Crippen molar-refractivity contribution < 1.29 is 13.2 Å². The minimum Gasteiger partial charge on any atom is -0.492 e. The molecule has 3 aromatic rings. The van der Waals surface area contributed by atoms with Crippen molar-refractivity contribution in [1.82, 2.24) is 14.2 Å². The first-order valence-electron chi connectivity index (χ1n) is 11.9. The summed E-state index contributed by atoms with van der Waals surface area (Å²) < 4.78 is 33.3. The number of likely N-dealkylation sites (tertiary alicyclic amines) is 1. The van der Waals surface area contributed by atoms with E-state index in [0.29, 0.717) is 13.0 Å². The summed E-state index contributed by atoms with van der Waals surface area (Å²) in [7, 11) is -3.41. The zero-order chi connectivity index (χ0) is 23.2.